The molecule has 5 nitrogen and oxygen atoms in total. The molecule has 110 valence electrons. The van der Waals surface area contributed by atoms with Crippen LogP contribution in [0.2, 0.25) is 0 Å². The summed E-state index contributed by atoms with van der Waals surface area (Å²) in [6.07, 6.45) is 2.27. The van der Waals surface area contributed by atoms with Gasteiger partial charge >= 0.3 is 5.97 Å². The molecule has 0 aromatic heterocycles. The summed E-state index contributed by atoms with van der Waals surface area (Å²) in [7, 11) is 0. The minimum absolute atomic E-state index is 0.199. The van der Waals surface area contributed by atoms with Crippen molar-refractivity contribution in [2.45, 2.75) is 25.3 Å². The van der Waals surface area contributed by atoms with Crippen LogP contribution in [0.25, 0.3) is 0 Å². The Morgan fingerprint density at radius 1 is 1.35 bits per heavy atom. The molecule has 3 N–H and O–H groups in total. The average Bonchev–Trinajstić information content (AvgIpc) is 2.48. The standard InChI is InChI=1S/C15H21NO4/c16-14(9-11-1-3-13(17)4-2-11)15(18)20-10-12-5-7-19-8-6-12/h1-4,12,14,17H,5-10,16H2/t14-/m0/s1. The van der Waals surface area contributed by atoms with Gasteiger partial charge in [0.1, 0.15) is 11.8 Å². The highest BCUT2D eigenvalue weighted by Crippen LogP contribution is 2.15. The lowest BCUT2D eigenvalue weighted by Crippen LogP contribution is -2.35. The molecule has 20 heavy (non-hydrogen) atoms. The number of aromatic hydroxyl groups is 1. The second kappa shape index (κ2) is 7.26. The fourth-order valence-electron chi connectivity index (χ4n) is 2.19. The maximum atomic E-state index is 11.8. The van der Waals surface area contributed by atoms with Crippen molar-refractivity contribution in [2.24, 2.45) is 11.7 Å². The molecule has 0 radical (unpaired) electrons. The lowest BCUT2D eigenvalue weighted by molar-refractivity contribution is -0.147. The van der Waals surface area contributed by atoms with Gasteiger partial charge in [-0.15, -0.1) is 0 Å². The van der Waals surface area contributed by atoms with Gasteiger partial charge in [-0.2, -0.15) is 0 Å². The number of nitrogens with two attached hydrogens (primary N) is 1. The zero-order chi connectivity index (χ0) is 14.4. The molecular formula is C15H21NO4. The number of carbonyl (C=O) groups is 1. The Bertz CT molecular complexity index is 426. The molecule has 1 aliphatic rings. The molecule has 0 bridgehead atoms. The molecule has 1 fully saturated rings. The van der Waals surface area contributed by atoms with Gasteiger partial charge in [0.2, 0.25) is 0 Å². The van der Waals surface area contributed by atoms with Crippen LogP contribution in [-0.2, 0) is 20.7 Å². The summed E-state index contributed by atoms with van der Waals surface area (Å²) in [5.41, 5.74) is 6.74. The minimum Gasteiger partial charge on any atom is -0.508 e. The van der Waals surface area contributed by atoms with Crippen LogP contribution in [0.15, 0.2) is 24.3 Å². The largest absolute Gasteiger partial charge is 0.508 e. The van der Waals surface area contributed by atoms with E-state index in [9.17, 15) is 9.90 Å². The molecular weight excluding hydrogens is 258 g/mol. The number of rotatable bonds is 5. The number of ether oxygens (including phenoxy) is 2. The average molecular weight is 279 g/mol. The van der Waals surface area contributed by atoms with Crippen molar-refractivity contribution in [3.05, 3.63) is 29.8 Å². The number of hydrogen-bond donors (Lipinski definition) is 2. The maximum Gasteiger partial charge on any atom is 0.323 e. The van der Waals surface area contributed by atoms with Crippen LogP contribution in [0.1, 0.15) is 18.4 Å². The van der Waals surface area contributed by atoms with E-state index in [-0.39, 0.29) is 11.7 Å². The molecule has 0 saturated carbocycles. The van der Waals surface area contributed by atoms with Crippen LogP contribution < -0.4 is 5.73 Å². The summed E-state index contributed by atoms with van der Waals surface area (Å²) in [5, 5.41) is 9.20. The molecule has 1 heterocycles. The van der Waals surface area contributed by atoms with Crippen LogP contribution in [0.5, 0.6) is 5.75 Å². The van der Waals surface area contributed by atoms with E-state index in [0.717, 1.165) is 31.6 Å². The topological polar surface area (TPSA) is 81.8 Å². The Hall–Kier alpha value is -1.59. The van der Waals surface area contributed by atoms with E-state index in [2.05, 4.69) is 0 Å². The van der Waals surface area contributed by atoms with Gasteiger partial charge in [0.25, 0.3) is 0 Å². The molecule has 0 aliphatic carbocycles. The molecule has 0 amide bonds. The van der Waals surface area contributed by atoms with Crippen molar-refractivity contribution in [2.75, 3.05) is 19.8 Å². The third-order valence-corrected chi connectivity index (χ3v) is 3.50. The van der Waals surface area contributed by atoms with Gasteiger partial charge in [0, 0.05) is 13.2 Å². The summed E-state index contributed by atoms with van der Waals surface area (Å²) >= 11 is 0. The van der Waals surface area contributed by atoms with E-state index >= 15 is 0 Å². The number of benzene rings is 1. The number of phenols is 1. The van der Waals surface area contributed by atoms with Crippen molar-refractivity contribution >= 4 is 5.97 Å². The molecule has 5 heteroatoms. The lowest BCUT2D eigenvalue weighted by Gasteiger charge is -2.22. The number of hydrogen-bond acceptors (Lipinski definition) is 5. The molecule has 0 spiro atoms. The molecule has 2 rings (SSSR count). The fraction of sp³-hybridized carbons (Fsp3) is 0.533. The fourth-order valence-corrected chi connectivity index (χ4v) is 2.19. The lowest BCUT2D eigenvalue weighted by atomic mass is 10.0. The maximum absolute atomic E-state index is 11.8. The van der Waals surface area contributed by atoms with E-state index in [1.54, 1.807) is 24.3 Å². The van der Waals surface area contributed by atoms with E-state index in [0.29, 0.717) is 18.9 Å². The molecule has 1 saturated heterocycles. The molecule has 1 atom stereocenters. The Morgan fingerprint density at radius 3 is 2.65 bits per heavy atom. The van der Waals surface area contributed by atoms with Crippen molar-refractivity contribution in [3.63, 3.8) is 0 Å². The smallest absolute Gasteiger partial charge is 0.323 e. The highest BCUT2D eigenvalue weighted by molar-refractivity contribution is 5.75. The normalized spacial score (nSPS) is 17.6. The summed E-state index contributed by atoms with van der Waals surface area (Å²) in [6, 6.07) is 5.99. The van der Waals surface area contributed by atoms with Crippen LogP contribution in [0.4, 0.5) is 0 Å². The first-order valence-corrected chi connectivity index (χ1v) is 6.93. The molecule has 1 aliphatic heterocycles. The van der Waals surface area contributed by atoms with Crippen LogP contribution >= 0.6 is 0 Å². The summed E-state index contributed by atoms with van der Waals surface area (Å²) in [6.45, 7) is 1.90. The van der Waals surface area contributed by atoms with Crippen LogP contribution in [0.3, 0.4) is 0 Å². The van der Waals surface area contributed by atoms with Gasteiger partial charge in [-0.1, -0.05) is 12.1 Å². The van der Waals surface area contributed by atoms with E-state index in [4.69, 9.17) is 15.2 Å². The zero-order valence-electron chi connectivity index (χ0n) is 11.5. The summed E-state index contributed by atoms with van der Waals surface area (Å²) < 4.78 is 10.5. The predicted molar refractivity (Wildman–Crippen MR) is 74.3 cm³/mol. The van der Waals surface area contributed by atoms with Gasteiger partial charge in [-0.3, -0.25) is 4.79 Å². The monoisotopic (exact) mass is 279 g/mol. The highest BCUT2D eigenvalue weighted by atomic mass is 16.5. The third-order valence-electron chi connectivity index (χ3n) is 3.50. The number of carbonyl (C=O) groups excluding carboxylic acids is 1. The first-order valence-electron chi connectivity index (χ1n) is 6.93. The summed E-state index contributed by atoms with van der Waals surface area (Å²) in [4.78, 5) is 11.8. The van der Waals surface area contributed by atoms with E-state index in [1.807, 2.05) is 0 Å². The van der Waals surface area contributed by atoms with Crippen molar-refractivity contribution in [3.8, 4) is 5.75 Å². The predicted octanol–water partition coefficient (Wildman–Crippen LogP) is 1.23. The van der Waals surface area contributed by atoms with Gasteiger partial charge < -0.3 is 20.3 Å². The second-order valence-electron chi connectivity index (χ2n) is 5.16. The Labute approximate surface area is 118 Å². The van der Waals surface area contributed by atoms with Gasteiger partial charge in [0.05, 0.1) is 6.61 Å². The Morgan fingerprint density at radius 2 is 2.00 bits per heavy atom. The van der Waals surface area contributed by atoms with Crippen molar-refractivity contribution < 1.29 is 19.4 Å². The van der Waals surface area contributed by atoms with Gasteiger partial charge in [-0.05, 0) is 42.9 Å². The molecule has 1 aromatic rings. The Balaban J connectivity index is 1.75. The molecule has 1 aromatic carbocycles. The van der Waals surface area contributed by atoms with E-state index in [1.165, 1.54) is 0 Å². The SMILES string of the molecule is N[C@@H](Cc1ccc(O)cc1)C(=O)OCC1CCOCC1. The van der Waals surface area contributed by atoms with Crippen LogP contribution in [-0.4, -0.2) is 36.9 Å². The van der Waals surface area contributed by atoms with Gasteiger partial charge in [0.15, 0.2) is 0 Å². The number of phenolic OH excluding ortho intramolecular Hbond substituents is 1. The van der Waals surface area contributed by atoms with Gasteiger partial charge in [-0.25, -0.2) is 0 Å². The summed E-state index contributed by atoms with van der Waals surface area (Å²) in [5.74, 6) is 0.211. The van der Waals surface area contributed by atoms with E-state index < -0.39 is 6.04 Å². The minimum atomic E-state index is -0.667. The first kappa shape index (κ1) is 14.8. The quantitative estimate of drug-likeness (QED) is 0.792. The highest BCUT2D eigenvalue weighted by Gasteiger charge is 2.19. The zero-order valence-corrected chi connectivity index (χ0v) is 11.5. The van der Waals surface area contributed by atoms with Crippen molar-refractivity contribution in [1.29, 1.82) is 0 Å². The second-order valence-corrected chi connectivity index (χ2v) is 5.16. The van der Waals surface area contributed by atoms with Crippen molar-refractivity contribution in [1.82, 2.24) is 0 Å². The number of esters is 1. The Kier molecular flexibility index (Phi) is 5.38. The van der Waals surface area contributed by atoms with Crippen LogP contribution in [0, 0.1) is 5.92 Å². The third kappa shape index (κ3) is 4.51. The first-order chi connectivity index (χ1) is 9.65. The molecule has 0 unspecified atom stereocenters.